The van der Waals surface area contributed by atoms with Crippen LogP contribution in [-0.2, 0) is 4.79 Å². The quantitative estimate of drug-likeness (QED) is 0.717. The van der Waals surface area contributed by atoms with Crippen molar-refractivity contribution >= 4 is 5.91 Å². The minimum Gasteiger partial charge on any atom is -0.356 e. The van der Waals surface area contributed by atoms with Gasteiger partial charge in [0.25, 0.3) is 0 Å². The maximum Gasteiger partial charge on any atom is 0.227 e. The molecule has 1 aliphatic carbocycles. The van der Waals surface area contributed by atoms with E-state index in [-0.39, 0.29) is 11.3 Å². The maximum atomic E-state index is 12.2. The van der Waals surface area contributed by atoms with Crippen LogP contribution in [0.4, 0.5) is 0 Å². The fourth-order valence-electron chi connectivity index (χ4n) is 3.45. The van der Waals surface area contributed by atoms with E-state index < -0.39 is 0 Å². The van der Waals surface area contributed by atoms with Gasteiger partial charge in [-0.1, -0.05) is 19.3 Å². The SMILES string of the molecule is NCC1(C(=O)NCCCN2CCCCC2)CCCC1. The highest BCUT2D eigenvalue weighted by molar-refractivity contribution is 5.83. The van der Waals surface area contributed by atoms with Gasteiger partial charge in [-0.2, -0.15) is 0 Å². The van der Waals surface area contributed by atoms with Gasteiger partial charge < -0.3 is 16.0 Å². The Hall–Kier alpha value is -0.610. The van der Waals surface area contributed by atoms with Crippen LogP contribution in [-0.4, -0.2) is 43.5 Å². The van der Waals surface area contributed by atoms with Gasteiger partial charge in [-0.15, -0.1) is 0 Å². The highest BCUT2D eigenvalue weighted by atomic mass is 16.2. The van der Waals surface area contributed by atoms with E-state index in [1.807, 2.05) is 0 Å². The van der Waals surface area contributed by atoms with Crippen LogP contribution in [0.2, 0.25) is 0 Å². The first-order valence-corrected chi connectivity index (χ1v) is 7.98. The molecular weight excluding hydrogens is 238 g/mol. The van der Waals surface area contributed by atoms with Gasteiger partial charge in [0.05, 0.1) is 5.41 Å². The number of likely N-dealkylation sites (tertiary alicyclic amines) is 1. The van der Waals surface area contributed by atoms with Gasteiger partial charge in [0.2, 0.25) is 5.91 Å². The van der Waals surface area contributed by atoms with Gasteiger partial charge in [-0.3, -0.25) is 4.79 Å². The standard InChI is InChI=1S/C15H29N3O/c16-13-15(7-2-3-8-15)14(19)17-9-6-12-18-10-4-1-5-11-18/h1-13,16H2,(H,17,19). The van der Waals surface area contributed by atoms with Crippen LogP contribution in [0.1, 0.15) is 51.4 Å². The van der Waals surface area contributed by atoms with Crippen molar-refractivity contribution in [3.63, 3.8) is 0 Å². The van der Waals surface area contributed by atoms with Crippen molar-refractivity contribution in [3.05, 3.63) is 0 Å². The molecule has 0 aromatic rings. The van der Waals surface area contributed by atoms with Crippen LogP contribution in [0.3, 0.4) is 0 Å². The van der Waals surface area contributed by atoms with Crippen LogP contribution in [0.25, 0.3) is 0 Å². The van der Waals surface area contributed by atoms with Crippen LogP contribution in [0, 0.1) is 5.41 Å². The lowest BCUT2D eigenvalue weighted by molar-refractivity contribution is -0.130. The van der Waals surface area contributed by atoms with E-state index in [0.29, 0.717) is 6.54 Å². The summed E-state index contributed by atoms with van der Waals surface area (Å²) in [6, 6.07) is 0. The van der Waals surface area contributed by atoms with Gasteiger partial charge in [0, 0.05) is 13.1 Å². The number of nitrogens with zero attached hydrogens (tertiary/aromatic N) is 1. The lowest BCUT2D eigenvalue weighted by Crippen LogP contribution is -2.45. The van der Waals surface area contributed by atoms with Crippen molar-refractivity contribution in [1.82, 2.24) is 10.2 Å². The van der Waals surface area contributed by atoms with E-state index in [1.54, 1.807) is 0 Å². The lowest BCUT2D eigenvalue weighted by atomic mass is 9.85. The number of amides is 1. The predicted molar refractivity (Wildman–Crippen MR) is 77.9 cm³/mol. The molecule has 3 N–H and O–H groups in total. The largest absolute Gasteiger partial charge is 0.356 e. The van der Waals surface area contributed by atoms with Crippen LogP contribution in [0.5, 0.6) is 0 Å². The Bertz CT molecular complexity index is 281. The number of rotatable bonds is 6. The van der Waals surface area contributed by atoms with Gasteiger partial charge in [0.15, 0.2) is 0 Å². The zero-order chi connectivity index (χ0) is 13.6. The van der Waals surface area contributed by atoms with E-state index in [9.17, 15) is 4.79 Å². The summed E-state index contributed by atoms with van der Waals surface area (Å²) in [6.45, 7) is 4.90. The van der Waals surface area contributed by atoms with Crippen molar-refractivity contribution in [2.75, 3.05) is 32.7 Å². The molecule has 1 aliphatic heterocycles. The van der Waals surface area contributed by atoms with E-state index >= 15 is 0 Å². The van der Waals surface area contributed by atoms with Crippen LogP contribution in [0.15, 0.2) is 0 Å². The molecule has 0 aromatic heterocycles. The number of nitrogens with one attached hydrogen (secondary N) is 1. The molecule has 1 amide bonds. The smallest absolute Gasteiger partial charge is 0.227 e. The molecule has 110 valence electrons. The maximum absolute atomic E-state index is 12.2. The molecule has 4 nitrogen and oxygen atoms in total. The number of piperidine rings is 1. The third kappa shape index (κ3) is 3.93. The highest BCUT2D eigenvalue weighted by Crippen LogP contribution is 2.37. The van der Waals surface area contributed by atoms with Crippen molar-refractivity contribution in [2.45, 2.75) is 51.4 Å². The fraction of sp³-hybridized carbons (Fsp3) is 0.933. The molecule has 2 aliphatic rings. The predicted octanol–water partition coefficient (Wildman–Crippen LogP) is 1.50. The minimum absolute atomic E-state index is 0.200. The Balaban J connectivity index is 1.63. The third-order valence-corrected chi connectivity index (χ3v) is 4.82. The molecule has 1 saturated carbocycles. The Kier molecular flexibility index (Phi) is 5.64. The summed E-state index contributed by atoms with van der Waals surface area (Å²) >= 11 is 0. The third-order valence-electron chi connectivity index (χ3n) is 4.82. The first-order valence-electron chi connectivity index (χ1n) is 7.98. The zero-order valence-electron chi connectivity index (χ0n) is 12.1. The molecule has 0 bridgehead atoms. The highest BCUT2D eigenvalue weighted by Gasteiger charge is 2.39. The lowest BCUT2D eigenvalue weighted by Gasteiger charge is -2.28. The first kappa shape index (κ1) is 14.8. The Labute approximate surface area is 117 Å². The summed E-state index contributed by atoms with van der Waals surface area (Å²) in [5, 5.41) is 3.11. The topological polar surface area (TPSA) is 58.4 Å². The molecular formula is C15H29N3O. The number of nitrogens with two attached hydrogens (primary N) is 1. The summed E-state index contributed by atoms with van der Waals surface area (Å²) in [5.74, 6) is 0.200. The summed E-state index contributed by atoms with van der Waals surface area (Å²) in [6.07, 6.45) is 9.36. The average Bonchev–Trinajstić information content (AvgIpc) is 2.94. The zero-order valence-corrected chi connectivity index (χ0v) is 12.1. The van der Waals surface area contributed by atoms with Crippen molar-refractivity contribution in [1.29, 1.82) is 0 Å². The normalized spacial score (nSPS) is 23.4. The van der Waals surface area contributed by atoms with E-state index in [1.165, 1.54) is 32.4 Å². The van der Waals surface area contributed by atoms with Gasteiger partial charge in [-0.25, -0.2) is 0 Å². The molecule has 4 heteroatoms. The second-order valence-electron chi connectivity index (χ2n) is 6.20. The number of hydrogen-bond acceptors (Lipinski definition) is 3. The Morgan fingerprint density at radius 3 is 2.42 bits per heavy atom. The van der Waals surface area contributed by atoms with Gasteiger partial charge in [0.1, 0.15) is 0 Å². The molecule has 1 heterocycles. The molecule has 0 spiro atoms. The van der Waals surface area contributed by atoms with E-state index in [4.69, 9.17) is 5.73 Å². The Morgan fingerprint density at radius 2 is 1.79 bits per heavy atom. The molecule has 2 fully saturated rings. The van der Waals surface area contributed by atoms with Gasteiger partial charge >= 0.3 is 0 Å². The summed E-state index contributed by atoms with van der Waals surface area (Å²) in [4.78, 5) is 14.8. The van der Waals surface area contributed by atoms with Crippen LogP contribution >= 0.6 is 0 Å². The number of hydrogen-bond donors (Lipinski definition) is 2. The van der Waals surface area contributed by atoms with Crippen LogP contribution < -0.4 is 11.1 Å². The molecule has 2 rings (SSSR count). The van der Waals surface area contributed by atoms with E-state index in [0.717, 1.165) is 45.2 Å². The van der Waals surface area contributed by atoms with Crippen molar-refractivity contribution < 1.29 is 4.79 Å². The van der Waals surface area contributed by atoms with Crippen molar-refractivity contribution in [2.24, 2.45) is 11.1 Å². The second-order valence-corrected chi connectivity index (χ2v) is 6.20. The first-order chi connectivity index (χ1) is 9.27. The molecule has 0 atom stereocenters. The van der Waals surface area contributed by atoms with E-state index in [2.05, 4.69) is 10.2 Å². The molecule has 1 saturated heterocycles. The monoisotopic (exact) mass is 267 g/mol. The molecule has 0 aromatic carbocycles. The van der Waals surface area contributed by atoms with Crippen molar-refractivity contribution in [3.8, 4) is 0 Å². The average molecular weight is 267 g/mol. The van der Waals surface area contributed by atoms with Gasteiger partial charge in [-0.05, 0) is 51.7 Å². The minimum atomic E-state index is -0.245. The fourth-order valence-corrected chi connectivity index (χ4v) is 3.45. The molecule has 0 radical (unpaired) electrons. The number of carbonyl (C=O) groups excluding carboxylic acids is 1. The summed E-state index contributed by atoms with van der Waals surface area (Å²) in [5.41, 5.74) is 5.58. The number of carbonyl (C=O) groups is 1. The molecule has 0 unspecified atom stereocenters. The second kappa shape index (κ2) is 7.25. The summed E-state index contributed by atoms with van der Waals surface area (Å²) in [7, 11) is 0. The Morgan fingerprint density at radius 1 is 1.11 bits per heavy atom. The summed E-state index contributed by atoms with van der Waals surface area (Å²) < 4.78 is 0. The molecule has 19 heavy (non-hydrogen) atoms.